The van der Waals surface area contributed by atoms with E-state index in [9.17, 15) is 27.9 Å². The van der Waals surface area contributed by atoms with Gasteiger partial charge in [-0.05, 0) is 45.0 Å². The molecule has 0 aliphatic carbocycles. The molecule has 2 N–H and O–H groups in total. The Morgan fingerprint density at radius 3 is 2.54 bits per heavy atom. The molecule has 0 radical (unpaired) electrons. The summed E-state index contributed by atoms with van der Waals surface area (Å²) in [6.45, 7) is 4.36. The number of amides is 4. The second kappa shape index (κ2) is 6.99. The van der Waals surface area contributed by atoms with E-state index in [1.807, 2.05) is 0 Å². The van der Waals surface area contributed by atoms with Crippen LogP contribution in [0.5, 0.6) is 0 Å². The molecule has 0 saturated heterocycles. The van der Waals surface area contributed by atoms with E-state index in [1.54, 1.807) is 26.8 Å². The van der Waals surface area contributed by atoms with Gasteiger partial charge in [-0.3, -0.25) is 4.90 Å². The van der Waals surface area contributed by atoms with Crippen LogP contribution in [0.25, 0.3) is 0 Å². The van der Waals surface area contributed by atoms with Gasteiger partial charge in [-0.1, -0.05) is 6.07 Å². The van der Waals surface area contributed by atoms with Crippen LogP contribution in [0.15, 0.2) is 36.0 Å². The maximum Gasteiger partial charge on any atom is 0.416 e. The lowest BCUT2D eigenvalue weighted by molar-refractivity contribution is -0.137. The molecule has 9 heteroatoms. The summed E-state index contributed by atoms with van der Waals surface area (Å²) >= 11 is 0. The van der Waals surface area contributed by atoms with Crippen LogP contribution in [0.4, 0.5) is 28.4 Å². The van der Waals surface area contributed by atoms with Crippen LogP contribution in [0.3, 0.4) is 0 Å². The SMILES string of the molecule is CC1=CCN(C(=O)NC(C)(C)CO)C(=O)N1c1cccc(C(F)(F)F)c1. The number of benzene rings is 1. The van der Waals surface area contributed by atoms with Gasteiger partial charge in [0, 0.05) is 5.70 Å². The predicted octanol–water partition coefficient (Wildman–Crippen LogP) is 3.33. The van der Waals surface area contributed by atoms with Crippen molar-refractivity contribution in [2.24, 2.45) is 0 Å². The summed E-state index contributed by atoms with van der Waals surface area (Å²) in [5, 5.41) is 11.7. The smallest absolute Gasteiger partial charge is 0.394 e. The average molecular weight is 371 g/mol. The van der Waals surface area contributed by atoms with Gasteiger partial charge in [-0.25, -0.2) is 14.5 Å². The van der Waals surface area contributed by atoms with Gasteiger partial charge in [0.05, 0.1) is 29.9 Å². The van der Waals surface area contributed by atoms with Crippen molar-refractivity contribution in [1.29, 1.82) is 0 Å². The van der Waals surface area contributed by atoms with Crippen LogP contribution in [0.1, 0.15) is 26.3 Å². The zero-order valence-corrected chi connectivity index (χ0v) is 14.6. The molecule has 1 aliphatic heterocycles. The molecule has 1 aliphatic rings. The molecule has 2 rings (SSSR count). The minimum absolute atomic E-state index is 0.0116. The summed E-state index contributed by atoms with van der Waals surface area (Å²) in [5.41, 5.74) is -1.41. The van der Waals surface area contributed by atoms with Crippen molar-refractivity contribution >= 4 is 17.7 Å². The van der Waals surface area contributed by atoms with Crippen molar-refractivity contribution < 1.29 is 27.9 Å². The number of carbonyl (C=O) groups is 2. The second-order valence-electron chi connectivity index (χ2n) is 6.59. The highest BCUT2D eigenvalue weighted by atomic mass is 19.4. The molecule has 0 saturated carbocycles. The number of anilines is 1. The number of hydrogen-bond donors (Lipinski definition) is 2. The molecule has 1 heterocycles. The standard InChI is InChI=1S/C17H20F3N3O3/c1-11-7-8-22(14(25)21-16(2,3)10-24)15(26)23(11)13-6-4-5-12(9-13)17(18,19)20/h4-7,9,24H,8,10H2,1-3H3,(H,21,25). The number of nitrogens with one attached hydrogen (secondary N) is 1. The summed E-state index contributed by atoms with van der Waals surface area (Å²) < 4.78 is 38.8. The van der Waals surface area contributed by atoms with Gasteiger partial charge in [0.15, 0.2) is 0 Å². The highest BCUT2D eigenvalue weighted by molar-refractivity contribution is 6.05. The molecule has 0 fully saturated rings. The highest BCUT2D eigenvalue weighted by Crippen LogP contribution is 2.33. The Balaban J connectivity index is 2.33. The lowest BCUT2D eigenvalue weighted by Gasteiger charge is -2.35. The molecule has 0 unspecified atom stereocenters. The number of aliphatic hydroxyl groups is 1. The molecular weight excluding hydrogens is 351 g/mol. The Labute approximate surface area is 148 Å². The Kier molecular flexibility index (Phi) is 5.31. The first-order valence-electron chi connectivity index (χ1n) is 7.85. The molecule has 1 aromatic carbocycles. The zero-order chi connectivity index (χ0) is 19.7. The van der Waals surface area contributed by atoms with Crippen molar-refractivity contribution in [2.45, 2.75) is 32.5 Å². The first-order valence-corrected chi connectivity index (χ1v) is 7.85. The van der Waals surface area contributed by atoms with E-state index in [-0.39, 0.29) is 18.8 Å². The van der Waals surface area contributed by atoms with Crippen molar-refractivity contribution in [3.05, 3.63) is 41.6 Å². The average Bonchev–Trinajstić information content (AvgIpc) is 2.54. The Bertz CT molecular complexity index is 744. The van der Waals surface area contributed by atoms with Gasteiger partial charge in [-0.15, -0.1) is 0 Å². The number of nitrogens with zero attached hydrogens (tertiary/aromatic N) is 2. The largest absolute Gasteiger partial charge is 0.416 e. The molecule has 0 spiro atoms. The minimum atomic E-state index is -4.55. The molecular formula is C17H20F3N3O3. The second-order valence-corrected chi connectivity index (χ2v) is 6.59. The van der Waals surface area contributed by atoms with Crippen LogP contribution in [0.2, 0.25) is 0 Å². The fraction of sp³-hybridized carbons (Fsp3) is 0.412. The van der Waals surface area contributed by atoms with Crippen LogP contribution < -0.4 is 10.2 Å². The molecule has 0 bridgehead atoms. The minimum Gasteiger partial charge on any atom is -0.394 e. The monoisotopic (exact) mass is 371 g/mol. The number of alkyl halides is 3. The maximum absolute atomic E-state index is 12.9. The van der Waals surface area contributed by atoms with E-state index in [0.717, 1.165) is 21.9 Å². The van der Waals surface area contributed by atoms with E-state index in [2.05, 4.69) is 5.32 Å². The molecule has 0 atom stereocenters. The lowest BCUT2D eigenvalue weighted by atomic mass is 10.1. The van der Waals surface area contributed by atoms with Gasteiger partial charge in [0.25, 0.3) is 0 Å². The third-order valence-electron chi connectivity index (χ3n) is 3.86. The fourth-order valence-electron chi connectivity index (χ4n) is 2.37. The van der Waals surface area contributed by atoms with Crippen LogP contribution in [0, 0.1) is 0 Å². The van der Waals surface area contributed by atoms with E-state index in [0.29, 0.717) is 5.70 Å². The number of halogens is 3. The highest BCUT2D eigenvalue weighted by Gasteiger charge is 2.35. The van der Waals surface area contributed by atoms with E-state index < -0.39 is 29.3 Å². The molecule has 26 heavy (non-hydrogen) atoms. The van der Waals surface area contributed by atoms with E-state index in [1.165, 1.54) is 12.1 Å². The normalized spacial score (nSPS) is 15.8. The molecule has 6 nitrogen and oxygen atoms in total. The first kappa shape index (κ1) is 19.8. The molecule has 142 valence electrons. The first-order chi connectivity index (χ1) is 12.0. The molecule has 1 aromatic rings. The van der Waals surface area contributed by atoms with Gasteiger partial charge in [-0.2, -0.15) is 13.2 Å². The number of hydrogen-bond acceptors (Lipinski definition) is 3. The Morgan fingerprint density at radius 2 is 1.96 bits per heavy atom. The summed E-state index contributed by atoms with van der Waals surface area (Å²) in [6, 6.07) is 2.82. The van der Waals surface area contributed by atoms with Crippen molar-refractivity contribution in [3.63, 3.8) is 0 Å². The van der Waals surface area contributed by atoms with Crippen molar-refractivity contribution in [1.82, 2.24) is 10.2 Å². The maximum atomic E-state index is 12.9. The number of aliphatic hydroxyl groups excluding tert-OH is 1. The van der Waals surface area contributed by atoms with Crippen LogP contribution in [-0.2, 0) is 6.18 Å². The van der Waals surface area contributed by atoms with Crippen LogP contribution in [-0.4, -0.2) is 40.8 Å². The number of urea groups is 2. The third kappa shape index (κ3) is 4.16. The molecule has 4 amide bonds. The fourth-order valence-corrected chi connectivity index (χ4v) is 2.37. The number of rotatable bonds is 3. The summed E-state index contributed by atoms with van der Waals surface area (Å²) in [6.07, 6.45) is -2.98. The topological polar surface area (TPSA) is 72.9 Å². The summed E-state index contributed by atoms with van der Waals surface area (Å²) in [4.78, 5) is 27.0. The van der Waals surface area contributed by atoms with Crippen molar-refractivity contribution in [3.8, 4) is 0 Å². The van der Waals surface area contributed by atoms with Gasteiger partial charge < -0.3 is 10.4 Å². The van der Waals surface area contributed by atoms with E-state index in [4.69, 9.17) is 0 Å². The molecule has 0 aromatic heterocycles. The van der Waals surface area contributed by atoms with E-state index >= 15 is 0 Å². The Morgan fingerprint density at radius 1 is 1.31 bits per heavy atom. The number of imide groups is 1. The Hall–Kier alpha value is -2.55. The van der Waals surface area contributed by atoms with Gasteiger partial charge in [0.2, 0.25) is 0 Å². The number of allylic oxidation sites excluding steroid dienone is 1. The summed E-state index contributed by atoms with van der Waals surface area (Å²) in [7, 11) is 0. The number of carbonyl (C=O) groups excluding carboxylic acids is 2. The quantitative estimate of drug-likeness (QED) is 0.856. The predicted molar refractivity (Wildman–Crippen MR) is 89.5 cm³/mol. The zero-order valence-electron chi connectivity index (χ0n) is 14.6. The van der Waals surface area contributed by atoms with Gasteiger partial charge >= 0.3 is 18.2 Å². The van der Waals surface area contributed by atoms with Crippen LogP contribution >= 0.6 is 0 Å². The lowest BCUT2D eigenvalue weighted by Crippen LogP contribution is -2.57. The third-order valence-corrected chi connectivity index (χ3v) is 3.86. The van der Waals surface area contributed by atoms with Crippen molar-refractivity contribution in [2.75, 3.05) is 18.1 Å². The van der Waals surface area contributed by atoms with Gasteiger partial charge in [0.1, 0.15) is 0 Å². The summed E-state index contributed by atoms with van der Waals surface area (Å²) in [5.74, 6) is 0.